The molecule has 0 aliphatic carbocycles. The quantitative estimate of drug-likeness (QED) is 0.660. The second kappa shape index (κ2) is 6.70. The fraction of sp³-hybridized carbons (Fsp3) is 0. The van der Waals surface area contributed by atoms with Gasteiger partial charge >= 0.3 is 12.2 Å². The highest BCUT2D eigenvalue weighted by Gasteiger charge is 2.12. The van der Waals surface area contributed by atoms with Crippen LogP contribution in [0.3, 0.4) is 0 Å². The van der Waals surface area contributed by atoms with Gasteiger partial charge in [-0.25, -0.2) is 9.59 Å². The number of hydrogen-bond acceptors (Lipinski definition) is 3. The summed E-state index contributed by atoms with van der Waals surface area (Å²) in [5, 5.41) is 15.5. The third-order valence-electron chi connectivity index (χ3n) is 3.36. The van der Waals surface area contributed by atoms with Crippen molar-refractivity contribution in [2.24, 2.45) is 0 Å². The Morgan fingerprint density at radius 1 is 0.792 bits per heavy atom. The van der Waals surface area contributed by atoms with Crippen LogP contribution in [0.2, 0.25) is 0 Å². The molecule has 24 heavy (non-hydrogen) atoms. The fourth-order valence-electron chi connectivity index (χ4n) is 2.34. The molecular weight excluding hydrogens is 308 g/mol. The molecule has 0 saturated carbocycles. The van der Waals surface area contributed by atoms with E-state index in [1.54, 1.807) is 18.2 Å². The van der Waals surface area contributed by atoms with Crippen LogP contribution in [0.5, 0.6) is 5.75 Å². The van der Waals surface area contributed by atoms with Crippen LogP contribution in [-0.2, 0) is 0 Å². The predicted molar refractivity (Wildman–Crippen MR) is 91.7 cm³/mol. The lowest BCUT2D eigenvalue weighted by molar-refractivity contribution is 0.208. The number of fused-ring (bicyclic) bond motifs is 1. The molecule has 3 rings (SSSR count). The van der Waals surface area contributed by atoms with E-state index in [9.17, 15) is 9.59 Å². The van der Waals surface area contributed by atoms with Gasteiger partial charge in [0, 0.05) is 5.39 Å². The van der Waals surface area contributed by atoms with Gasteiger partial charge in [0.1, 0.15) is 0 Å². The zero-order valence-corrected chi connectivity index (χ0v) is 12.5. The summed E-state index contributed by atoms with van der Waals surface area (Å²) >= 11 is 0. The Kier molecular flexibility index (Phi) is 4.29. The van der Waals surface area contributed by atoms with Crippen LogP contribution in [0.1, 0.15) is 0 Å². The van der Waals surface area contributed by atoms with Crippen molar-refractivity contribution in [3.8, 4) is 5.75 Å². The van der Waals surface area contributed by atoms with E-state index in [-0.39, 0.29) is 11.4 Å². The van der Waals surface area contributed by atoms with E-state index in [4.69, 9.17) is 9.84 Å². The minimum absolute atomic E-state index is 0.123. The number of para-hydroxylation sites is 2. The Balaban J connectivity index is 1.80. The molecule has 6 heteroatoms. The minimum Gasteiger partial charge on any atom is -0.465 e. The van der Waals surface area contributed by atoms with Gasteiger partial charge in [0.2, 0.25) is 0 Å². The largest absolute Gasteiger partial charge is 0.465 e. The van der Waals surface area contributed by atoms with Gasteiger partial charge in [-0.1, -0.05) is 48.5 Å². The first-order chi connectivity index (χ1) is 11.6. The summed E-state index contributed by atoms with van der Waals surface area (Å²) in [6.45, 7) is 0. The first-order valence-corrected chi connectivity index (χ1v) is 7.19. The van der Waals surface area contributed by atoms with Gasteiger partial charge in [-0.2, -0.15) is 0 Å². The van der Waals surface area contributed by atoms with E-state index in [1.165, 1.54) is 12.1 Å². The topological polar surface area (TPSA) is 87.7 Å². The summed E-state index contributed by atoms with van der Waals surface area (Å²) in [5.74, 6) is 0.123. The van der Waals surface area contributed by atoms with Crippen molar-refractivity contribution in [3.63, 3.8) is 0 Å². The maximum atomic E-state index is 12.2. The molecule has 0 radical (unpaired) electrons. The molecular formula is C18H14N2O4. The summed E-state index contributed by atoms with van der Waals surface area (Å²) in [6.07, 6.45) is -1.94. The van der Waals surface area contributed by atoms with Crippen LogP contribution in [0.4, 0.5) is 21.0 Å². The second-order valence-corrected chi connectivity index (χ2v) is 4.97. The highest BCUT2D eigenvalue weighted by Crippen LogP contribution is 2.26. The number of nitrogens with one attached hydrogen (secondary N) is 2. The van der Waals surface area contributed by atoms with Crippen LogP contribution in [-0.4, -0.2) is 17.3 Å². The third kappa shape index (κ3) is 3.44. The molecule has 3 aromatic carbocycles. The lowest BCUT2D eigenvalue weighted by Crippen LogP contribution is -2.18. The number of carboxylic acid groups (broad SMARTS) is 1. The van der Waals surface area contributed by atoms with E-state index in [0.29, 0.717) is 5.69 Å². The van der Waals surface area contributed by atoms with Crippen molar-refractivity contribution < 1.29 is 19.4 Å². The summed E-state index contributed by atoms with van der Waals surface area (Å²) < 4.78 is 5.22. The van der Waals surface area contributed by atoms with Gasteiger partial charge in [0.05, 0.1) is 11.4 Å². The number of ether oxygens (including phenoxy) is 1. The van der Waals surface area contributed by atoms with Crippen LogP contribution < -0.4 is 15.4 Å². The molecule has 3 N–H and O–H groups in total. The number of amides is 2. The van der Waals surface area contributed by atoms with Crippen molar-refractivity contribution in [2.75, 3.05) is 10.6 Å². The lowest BCUT2D eigenvalue weighted by atomic mass is 10.1. The fourth-order valence-corrected chi connectivity index (χ4v) is 2.34. The number of benzene rings is 3. The number of carbonyl (C=O) groups excluding carboxylic acids is 1. The molecule has 0 aromatic heterocycles. The normalized spacial score (nSPS) is 10.2. The Morgan fingerprint density at radius 2 is 1.46 bits per heavy atom. The van der Waals surface area contributed by atoms with Gasteiger partial charge in [-0.3, -0.25) is 10.6 Å². The minimum atomic E-state index is -1.24. The molecule has 0 fully saturated rings. The number of hydrogen-bond donors (Lipinski definition) is 3. The van der Waals surface area contributed by atoms with Crippen molar-refractivity contribution in [3.05, 3.63) is 66.7 Å². The van der Waals surface area contributed by atoms with E-state index < -0.39 is 12.2 Å². The number of anilines is 2. The zero-order valence-electron chi connectivity index (χ0n) is 12.5. The summed E-state index contributed by atoms with van der Waals surface area (Å²) in [5.41, 5.74) is 0.805. The number of carbonyl (C=O) groups is 2. The van der Waals surface area contributed by atoms with E-state index in [1.807, 2.05) is 36.4 Å². The maximum Gasteiger partial charge on any atom is 0.417 e. The molecule has 6 nitrogen and oxygen atoms in total. The molecule has 0 saturated heterocycles. The summed E-state index contributed by atoms with van der Waals surface area (Å²) in [4.78, 5) is 22.9. The summed E-state index contributed by atoms with van der Waals surface area (Å²) in [7, 11) is 0. The van der Waals surface area contributed by atoms with Crippen LogP contribution in [0, 0.1) is 0 Å². The lowest BCUT2D eigenvalue weighted by Gasteiger charge is -2.11. The van der Waals surface area contributed by atoms with Gasteiger partial charge in [-0.05, 0) is 23.6 Å². The molecule has 0 aliphatic heterocycles. The molecule has 0 unspecified atom stereocenters. The molecule has 0 aliphatic rings. The molecule has 2 amide bonds. The van der Waals surface area contributed by atoms with Gasteiger partial charge in [0.25, 0.3) is 0 Å². The highest BCUT2D eigenvalue weighted by atomic mass is 16.6. The smallest absolute Gasteiger partial charge is 0.417 e. The van der Waals surface area contributed by atoms with Gasteiger partial charge in [-0.15, -0.1) is 0 Å². The molecule has 0 heterocycles. The molecule has 0 bridgehead atoms. The maximum absolute atomic E-state index is 12.2. The molecule has 0 atom stereocenters. The van der Waals surface area contributed by atoms with Crippen LogP contribution in [0.25, 0.3) is 10.8 Å². The second-order valence-electron chi connectivity index (χ2n) is 4.97. The molecule has 120 valence electrons. The zero-order chi connectivity index (χ0) is 16.9. The van der Waals surface area contributed by atoms with E-state index in [2.05, 4.69) is 10.6 Å². The van der Waals surface area contributed by atoms with Crippen LogP contribution >= 0.6 is 0 Å². The predicted octanol–water partition coefficient (Wildman–Crippen LogP) is 4.54. The van der Waals surface area contributed by atoms with Crippen LogP contribution in [0.15, 0.2) is 66.7 Å². The first kappa shape index (κ1) is 15.4. The average molecular weight is 322 g/mol. The Hall–Kier alpha value is -3.54. The average Bonchev–Trinajstić information content (AvgIpc) is 2.56. The van der Waals surface area contributed by atoms with Gasteiger partial charge < -0.3 is 9.84 Å². The van der Waals surface area contributed by atoms with Crippen molar-refractivity contribution in [2.45, 2.75) is 0 Å². The van der Waals surface area contributed by atoms with Crippen molar-refractivity contribution in [1.29, 1.82) is 0 Å². The highest BCUT2D eigenvalue weighted by molar-refractivity contribution is 6.00. The van der Waals surface area contributed by atoms with E-state index in [0.717, 1.165) is 10.8 Å². The Labute approximate surface area is 137 Å². The molecule has 0 spiro atoms. The third-order valence-corrected chi connectivity index (χ3v) is 3.36. The first-order valence-electron chi connectivity index (χ1n) is 7.19. The SMILES string of the molecule is O=C(O)Nc1ccccc1OC(=O)Nc1cccc2ccccc12. The van der Waals surface area contributed by atoms with Crippen molar-refractivity contribution in [1.82, 2.24) is 0 Å². The summed E-state index contributed by atoms with van der Waals surface area (Å²) in [6, 6.07) is 19.5. The standard InChI is InChI=1S/C18H14N2O4/c21-17(22)19-15-9-3-4-11-16(15)24-18(23)20-14-10-5-7-12-6-1-2-8-13(12)14/h1-11,19H,(H,20,23)(H,21,22). The van der Waals surface area contributed by atoms with E-state index >= 15 is 0 Å². The number of rotatable bonds is 3. The van der Waals surface area contributed by atoms with Crippen molar-refractivity contribution >= 4 is 34.3 Å². The monoisotopic (exact) mass is 322 g/mol. The molecule has 3 aromatic rings. The Bertz CT molecular complexity index is 903. The van der Waals surface area contributed by atoms with Gasteiger partial charge in [0.15, 0.2) is 5.75 Å². The Morgan fingerprint density at radius 3 is 2.29 bits per heavy atom.